The number of carbonyl (C=O) groups excluding carboxylic acids is 1. The molecule has 1 saturated heterocycles. The minimum Gasteiger partial charge on any atom is -0.465 e. The molecule has 0 atom stereocenters. The molecular formula is C13H15BrO3. The molecule has 92 valence electrons. The van der Waals surface area contributed by atoms with Gasteiger partial charge in [-0.15, -0.1) is 0 Å². The summed E-state index contributed by atoms with van der Waals surface area (Å²) in [4.78, 5) is 11.7. The van der Waals surface area contributed by atoms with Crippen LogP contribution in [0, 0.1) is 5.41 Å². The fourth-order valence-corrected chi connectivity index (χ4v) is 2.06. The van der Waals surface area contributed by atoms with E-state index < -0.39 is 0 Å². The van der Waals surface area contributed by atoms with Gasteiger partial charge in [0.1, 0.15) is 6.61 Å². The van der Waals surface area contributed by atoms with Crippen molar-refractivity contribution in [3.8, 4) is 0 Å². The zero-order valence-corrected chi connectivity index (χ0v) is 11.3. The molecule has 4 heteroatoms. The Morgan fingerprint density at radius 1 is 1.47 bits per heavy atom. The molecular weight excluding hydrogens is 284 g/mol. The summed E-state index contributed by atoms with van der Waals surface area (Å²) in [6, 6.07) is 7.67. The van der Waals surface area contributed by atoms with Gasteiger partial charge in [-0.05, 0) is 11.6 Å². The number of halogens is 1. The van der Waals surface area contributed by atoms with Crippen molar-refractivity contribution in [2.75, 3.05) is 19.8 Å². The van der Waals surface area contributed by atoms with Gasteiger partial charge in [0.25, 0.3) is 0 Å². The van der Waals surface area contributed by atoms with E-state index in [2.05, 4.69) is 22.9 Å². The van der Waals surface area contributed by atoms with Crippen molar-refractivity contribution in [3.05, 3.63) is 34.3 Å². The quantitative estimate of drug-likeness (QED) is 0.802. The highest BCUT2D eigenvalue weighted by molar-refractivity contribution is 9.10. The highest BCUT2D eigenvalue weighted by Gasteiger charge is 2.34. The highest BCUT2D eigenvalue weighted by atomic mass is 79.9. The molecule has 2 rings (SSSR count). The van der Waals surface area contributed by atoms with E-state index in [1.165, 1.54) is 0 Å². The smallest absolute Gasteiger partial charge is 0.310 e. The second-order valence-electron chi connectivity index (χ2n) is 4.73. The Morgan fingerprint density at radius 2 is 2.18 bits per heavy atom. The summed E-state index contributed by atoms with van der Waals surface area (Å²) in [6.45, 7) is 3.85. The standard InChI is InChI=1S/C13H15BrO3/c1-13(7-16-8-13)9-17-12(15)6-10-4-2-3-5-11(10)14/h2-5H,6-9H2,1H3. The summed E-state index contributed by atoms with van der Waals surface area (Å²) >= 11 is 3.41. The van der Waals surface area contributed by atoms with Crippen LogP contribution in [0.25, 0.3) is 0 Å². The predicted molar refractivity (Wildman–Crippen MR) is 67.7 cm³/mol. The Kier molecular flexibility index (Phi) is 3.84. The van der Waals surface area contributed by atoms with E-state index >= 15 is 0 Å². The molecule has 0 amide bonds. The van der Waals surface area contributed by atoms with Gasteiger partial charge in [-0.1, -0.05) is 41.1 Å². The van der Waals surface area contributed by atoms with E-state index in [1.54, 1.807) is 0 Å². The maximum absolute atomic E-state index is 11.7. The third-order valence-electron chi connectivity index (χ3n) is 2.78. The van der Waals surface area contributed by atoms with Crippen LogP contribution < -0.4 is 0 Å². The molecule has 0 bridgehead atoms. The minimum atomic E-state index is -0.190. The van der Waals surface area contributed by atoms with Gasteiger partial charge in [0.15, 0.2) is 0 Å². The lowest BCUT2D eigenvalue weighted by Gasteiger charge is -2.37. The van der Waals surface area contributed by atoms with Crippen molar-refractivity contribution < 1.29 is 14.3 Å². The second kappa shape index (κ2) is 5.19. The lowest BCUT2D eigenvalue weighted by molar-refractivity contribution is -0.164. The van der Waals surface area contributed by atoms with Crippen LogP contribution in [0.4, 0.5) is 0 Å². The average molecular weight is 299 g/mol. The lowest BCUT2D eigenvalue weighted by Crippen LogP contribution is -2.44. The molecule has 1 aromatic rings. The molecule has 1 aromatic carbocycles. The molecule has 0 aromatic heterocycles. The maximum Gasteiger partial charge on any atom is 0.310 e. The number of ether oxygens (including phenoxy) is 2. The van der Waals surface area contributed by atoms with E-state index in [1.807, 2.05) is 24.3 Å². The van der Waals surface area contributed by atoms with Crippen molar-refractivity contribution in [2.45, 2.75) is 13.3 Å². The van der Waals surface area contributed by atoms with Gasteiger partial charge in [-0.25, -0.2) is 0 Å². The maximum atomic E-state index is 11.7. The Hall–Kier alpha value is -0.870. The van der Waals surface area contributed by atoms with Gasteiger partial charge >= 0.3 is 5.97 Å². The van der Waals surface area contributed by atoms with Gasteiger partial charge in [0, 0.05) is 9.89 Å². The van der Waals surface area contributed by atoms with Crippen LogP contribution >= 0.6 is 15.9 Å². The first kappa shape index (κ1) is 12.6. The number of esters is 1. The van der Waals surface area contributed by atoms with Crippen molar-refractivity contribution >= 4 is 21.9 Å². The summed E-state index contributed by atoms with van der Waals surface area (Å²) < 4.78 is 11.3. The van der Waals surface area contributed by atoms with Crippen molar-refractivity contribution in [1.29, 1.82) is 0 Å². The molecule has 0 radical (unpaired) electrons. The van der Waals surface area contributed by atoms with E-state index in [0.29, 0.717) is 26.2 Å². The summed E-state index contributed by atoms with van der Waals surface area (Å²) in [7, 11) is 0. The third kappa shape index (κ3) is 3.30. The van der Waals surface area contributed by atoms with Crippen LogP contribution in [0.2, 0.25) is 0 Å². The largest absolute Gasteiger partial charge is 0.465 e. The lowest BCUT2D eigenvalue weighted by atomic mass is 9.90. The first-order valence-electron chi connectivity index (χ1n) is 5.56. The minimum absolute atomic E-state index is 0.0174. The molecule has 0 spiro atoms. The SMILES string of the molecule is CC1(COC(=O)Cc2ccccc2Br)COC1. The van der Waals surface area contributed by atoms with E-state index in [-0.39, 0.29) is 11.4 Å². The summed E-state index contributed by atoms with van der Waals surface area (Å²) in [5.41, 5.74) is 0.969. The van der Waals surface area contributed by atoms with E-state index in [4.69, 9.17) is 9.47 Å². The van der Waals surface area contributed by atoms with Crippen molar-refractivity contribution in [1.82, 2.24) is 0 Å². The van der Waals surface area contributed by atoms with Crippen LogP contribution in [-0.4, -0.2) is 25.8 Å². The molecule has 1 aliphatic rings. The van der Waals surface area contributed by atoms with Crippen molar-refractivity contribution in [3.63, 3.8) is 0 Å². The Morgan fingerprint density at radius 3 is 2.76 bits per heavy atom. The summed E-state index contributed by atoms with van der Waals surface area (Å²) in [6.07, 6.45) is 0.304. The molecule has 0 N–H and O–H groups in total. The third-order valence-corrected chi connectivity index (χ3v) is 3.55. The number of hydrogen-bond donors (Lipinski definition) is 0. The summed E-state index contributed by atoms with van der Waals surface area (Å²) in [5.74, 6) is -0.190. The zero-order valence-electron chi connectivity index (χ0n) is 9.74. The fraction of sp³-hybridized carbons (Fsp3) is 0.462. The number of carbonyl (C=O) groups is 1. The van der Waals surface area contributed by atoms with Gasteiger partial charge < -0.3 is 9.47 Å². The Bertz CT molecular complexity index is 413. The molecule has 17 heavy (non-hydrogen) atoms. The second-order valence-corrected chi connectivity index (χ2v) is 5.59. The van der Waals surface area contributed by atoms with Crippen LogP contribution in [0.5, 0.6) is 0 Å². The van der Waals surface area contributed by atoms with Crippen LogP contribution in [-0.2, 0) is 20.7 Å². The normalized spacial score (nSPS) is 17.3. The Labute approximate surface area is 109 Å². The molecule has 0 saturated carbocycles. The van der Waals surface area contributed by atoms with Crippen LogP contribution in [0.15, 0.2) is 28.7 Å². The number of hydrogen-bond acceptors (Lipinski definition) is 3. The molecule has 1 aliphatic heterocycles. The first-order valence-corrected chi connectivity index (χ1v) is 6.35. The number of benzene rings is 1. The van der Waals surface area contributed by atoms with Gasteiger partial charge in [-0.3, -0.25) is 4.79 Å². The Balaban J connectivity index is 1.83. The van der Waals surface area contributed by atoms with Gasteiger partial charge in [-0.2, -0.15) is 0 Å². The molecule has 1 fully saturated rings. The fourth-order valence-electron chi connectivity index (χ4n) is 1.64. The first-order chi connectivity index (χ1) is 8.09. The van der Waals surface area contributed by atoms with Crippen molar-refractivity contribution in [2.24, 2.45) is 5.41 Å². The van der Waals surface area contributed by atoms with Gasteiger partial charge in [0.2, 0.25) is 0 Å². The van der Waals surface area contributed by atoms with E-state index in [0.717, 1.165) is 10.0 Å². The van der Waals surface area contributed by atoms with Crippen LogP contribution in [0.1, 0.15) is 12.5 Å². The highest BCUT2D eigenvalue weighted by Crippen LogP contribution is 2.26. The zero-order chi connectivity index (χ0) is 12.3. The topological polar surface area (TPSA) is 35.5 Å². The molecule has 3 nitrogen and oxygen atoms in total. The van der Waals surface area contributed by atoms with E-state index in [9.17, 15) is 4.79 Å². The molecule has 0 aliphatic carbocycles. The predicted octanol–water partition coefficient (Wildman–Crippen LogP) is 2.57. The van der Waals surface area contributed by atoms with Crippen LogP contribution in [0.3, 0.4) is 0 Å². The average Bonchev–Trinajstić information content (AvgIpc) is 2.27. The monoisotopic (exact) mass is 298 g/mol. The summed E-state index contributed by atoms with van der Waals surface area (Å²) in [5, 5.41) is 0. The number of rotatable bonds is 4. The molecule has 0 unspecified atom stereocenters. The molecule has 1 heterocycles. The van der Waals surface area contributed by atoms with Gasteiger partial charge in [0.05, 0.1) is 19.6 Å².